The van der Waals surface area contributed by atoms with E-state index < -0.39 is 31.1 Å². The second-order valence-corrected chi connectivity index (χ2v) is 10.6. The van der Waals surface area contributed by atoms with Gasteiger partial charge < -0.3 is 8.61 Å². The van der Waals surface area contributed by atoms with Crippen molar-refractivity contribution in [3.05, 3.63) is 4.13 Å². The predicted octanol–water partition coefficient (Wildman–Crippen LogP) is 4.65. The number of rotatable bonds is 9. The van der Waals surface area contributed by atoms with Gasteiger partial charge in [0.1, 0.15) is 0 Å². The Labute approximate surface area is 168 Å². The summed E-state index contributed by atoms with van der Waals surface area (Å²) in [7, 11) is -11.0. The number of hydrogen-bond acceptors (Lipinski definition) is 4. The summed E-state index contributed by atoms with van der Waals surface area (Å²) in [6.07, 6.45) is 11.6. The highest BCUT2D eigenvalue weighted by Gasteiger charge is 2.46. The van der Waals surface area contributed by atoms with Crippen LogP contribution in [0, 0.1) is 0 Å². The van der Waals surface area contributed by atoms with Crippen molar-refractivity contribution in [2.75, 3.05) is 26.7 Å². The van der Waals surface area contributed by atoms with Crippen LogP contribution in [0.2, 0.25) is 0 Å². The van der Waals surface area contributed by atoms with E-state index in [0.717, 1.165) is 4.13 Å². The van der Waals surface area contributed by atoms with E-state index in [-0.39, 0.29) is 0 Å². The van der Waals surface area contributed by atoms with Gasteiger partial charge in [-0.3, -0.25) is 0 Å². The van der Waals surface area contributed by atoms with Gasteiger partial charge in [0.05, 0.1) is 26.7 Å². The van der Waals surface area contributed by atoms with Crippen molar-refractivity contribution in [2.45, 2.75) is 69.3 Å². The Morgan fingerprint density at radius 2 is 1.14 bits per heavy atom. The van der Waals surface area contributed by atoms with Gasteiger partial charge in [0.15, 0.2) is 20.0 Å². The Bertz CT molecular complexity index is 643. The molecule has 0 aromatic carbocycles. The van der Waals surface area contributed by atoms with E-state index in [1.807, 2.05) is 0 Å². The minimum Gasteiger partial charge on any atom is -0.421 e. The van der Waals surface area contributed by atoms with Crippen LogP contribution in [-0.4, -0.2) is 59.0 Å². The van der Waals surface area contributed by atoms with E-state index in [0.29, 0.717) is 0 Å². The number of quaternary nitrogens is 1. The summed E-state index contributed by atoms with van der Waals surface area (Å²) in [6, 6.07) is 0. The lowest BCUT2D eigenvalue weighted by atomic mass is 10.1. The fourth-order valence-electron chi connectivity index (χ4n) is 2.81. The van der Waals surface area contributed by atoms with Crippen molar-refractivity contribution >= 4 is 20.0 Å². The number of halogens is 6. The minimum absolute atomic E-state index is 0.778. The zero-order valence-electron chi connectivity index (χ0n) is 16.4. The molecule has 1 aliphatic rings. The maximum Gasteiger partial charge on any atom is 0.480 e. The van der Waals surface area contributed by atoms with Crippen molar-refractivity contribution in [1.82, 2.24) is 0 Å². The number of nitrogens with zero attached hydrogens (tertiary/aromatic N) is 2. The predicted molar refractivity (Wildman–Crippen MR) is 96.7 cm³/mol. The van der Waals surface area contributed by atoms with Gasteiger partial charge in [-0.05, 0) is 12.8 Å². The molecule has 0 saturated carbocycles. The summed E-state index contributed by atoms with van der Waals surface area (Å²) < 4.78 is 111. The molecule has 0 N–H and O–H groups in total. The third kappa shape index (κ3) is 10.3. The van der Waals surface area contributed by atoms with Crippen molar-refractivity contribution in [3.63, 3.8) is 0 Å². The molecule has 0 atom stereocenters. The van der Waals surface area contributed by atoms with Gasteiger partial charge in [0.25, 0.3) is 0 Å². The molecule has 1 rings (SSSR count). The van der Waals surface area contributed by atoms with E-state index in [4.69, 9.17) is 0 Å². The first-order valence-electron chi connectivity index (χ1n) is 9.18. The molecule has 6 nitrogen and oxygen atoms in total. The Morgan fingerprint density at radius 1 is 0.759 bits per heavy atom. The van der Waals surface area contributed by atoms with Gasteiger partial charge in [-0.15, -0.1) is 0 Å². The molecule has 0 aliphatic carbocycles. The molecule has 0 unspecified atom stereocenters. The molecule has 1 heterocycles. The van der Waals surface area contributed by atoms with Gasteiger partial charge in [-0.1, -0.05) is 32.6 Å². The zero-order chi connectivity index (χ0) is 23.0. The highest BCUT2D eigenvalue weighted by molar-refractivity contribution is 8.13. The third-order valence-electron chi connectivity index (χ3n) is 4.48. The Balaban J connectivity index is 0.000000541. The summed E-state index contributed by atoms with van der Waals surface area (Å²) >= 11 is 0. The quantitative estimate of drug-likeness (QED) is 0.275. The standard InChI is InChI=1S/C13H28N.C2F6NO4S2/c1-3-4-5-6-7-8-11-14(2)12-9-10-13-14;3-1(4,5)14(10,11)9-15(12,13)2(6,7)8/h3-13H2,1-2H3;/q+1;-1. The first-order chi connectivity index (χ1) is 13.0. The van der Waals surface area contributed by atoms with Crippen LogP contribution in [0.15, 0.2) is 0 Å². The summed E-state index contributed by atoms with van der Waals surface area (Å²) in [5.41, 5.74) is -12.4. The lowest BCUT2D eigenvalue weighted by Gasteiger charge is -2.29. The fraction of sp³-hybridized carbons (Fsp3) is 1.00. The molecular weight excluding hydrogens is 450 g/mol. The topological polar surface area (TPSA) is 82.4 Å². The molecular formula is C15H28F6N2O4S2. The molecule has 0 aromatic heterocycles. The average molecular weight is 479 g/mol. The van der Waals surface area contributed by atoms with Crippen LogP contribution in [0.4, 0.5) is 26.3 Å². The monoisotopic (exact) mass is 478 g/mol. The van der Waals surface area contributed by atoms with Crippen LogP contribution in [-0.2, 0) is 20.0 Å². The van der Waals surface area contributed by atoms with Crippen LogP contribution in [0.5, 0.6) is 0 Å². The summed E-state index contributed by atoms with van der Waals surface area (Å²) in [4.78, 5) is 0. The van der Waals surface area contributed by atoms with Crippen LogP contribution >= 0.6 is 0 Å². The molecule has 0 bridgehead atoms. The highest BCUT2D eigenvalue weighted by atomic mass is 32.3. The van der Waals surface area contributed by atoms with Crippen molar-refractivity contribution in [1.29, 1.82) is 0 Å². The second-order valence-electron chi connectivity index (χ2n) is 7.18. The third-order valence-corrected chi connectivity index (χ3v) is 7.22. The summed E-state index contributed by atoms with van der Waals surface area (Å²) in [6.45, 7) is 6.60. The Morgan fingerprint density at radius 3 is 1.52 bits per heavy atom. The highest BCUT2D eigenvalue weighted by Crippen LogP contribution is 2.36. The molecule has 1 saturated heterocycles. The van der Waals surface area contributed by atoms with Crippen molar-refractivity contribution in [3.8, 4) is 0 Å². The molecule has 176 valence electrons. The van der Waals surface area contributed by atoms with Crippen LogP contribution in [0.1, 0.15) is 58.3 Å². The number of alkyl halides is 6. The first kappa shape index (κ1) is 28.4. The zero-order valence-corrected chi connectivity index (χ0v) is 18.0. The molecule has 0 amide bonds. The minimum atomic E-state index is -6.72. The fourth-order valence-corrected chi connectivity index (χ4v) is 4.52. The second kappa shape index (κ2) is 11.1. The van der Waals surface area contributed by atoms with Gasteiger partial charge >= 0.3 is 11.0 Å². The van der Waals surface area contributed by atoms with Gasteiger partial charge in [-0.2, -0.15) is 26.3 Å². The number of hydrogen-bond donors (Lipinski definition) is 0. The van der Waals surface area contributed by atoms with Crippen molar-refractivity contribution < 1.29 is 47.7 Å². The maximum atomic E-state index is 11.4. The average Bonchev–Trinajstić information content (AvgIpc) is 2.95. The van der Waals surface area contributed by atoms with Gasteiger partial charge in [0, 0.05) is 12.8 Å². The molecule has 0 spiro atoms. The van der Waals surface area contributed by atoms with E-state index >= 15 is 0 Å². The number of unbranched alkanes of at least 4 members (excludes halogenated alkanes) is 5. The van der Waals surface area contributed by atoms with E-state index in [1.165, 1.54) is 75.5 Å². The summed E-state index contributed by atoms with van der Waals surface area (Å²) in [5, 5.41) is 0. The smallest absolute Gasteiger partial charge is 0.421 e. The normalized spacial score (nSPS) is 17.7. The van der Waals surface area contributed by atoms with Crippen LogP contribution < -0.4 is 0 Å². The first-order valence-corrected chi connectivity index (χ1v) is 12.1. The van der Waals surface area contributed by atoms with E-state index in [1.54, 1.807) is 0 Å². The number of likely N-dealkylation sites (tertiary alicyclic amines) is 1. The molecule has 0 radical (unpaired) electrons. The molecule has 14 heteroatoms. The lowest BCUT2D eigenvalue weighted by molar-refractivity contribution is -0.897. The van der Waals surface area contributed by atoms with Crippen molar-refractivity contribution in [2.24, 2.45) is 0 Å². The maximum absolute atomic E-state index is 11.4. The Kier molecular flexibility index (Phi) is 10.9. The lowest BCUT2D eigenvalue weighted by Crippen LogP contribution is -2.41. The summed E-state index contributed by atoms with van der Waals surface area (Å²) in [5.74, 6) is 0. The molecule has 1 fully saturated rings. The van der Waals surface area contributed by atoms with E-state index in [9.17, 15) is 43.2 Å². The molecule has 1 aliphatic heterocycles. The Hall–Kier alpha value is -0.600. The van der Waals surface area contributed by atoms with E-state index in [2.05, 4.69) is 14.0 Å². The van der Waals surface area contributed by atoms with Crippen LogP contribution in [0.3, 0.4) is 0 Å². The molecule has 29 heavy (non-hydrogen) atoms. The van der Waals surface area contributed by atoms with Gasteiger partial charge in [-0.25, -0.2) is 16.8 Å². The number of sulfonamides is 2. The van der Waals surface area contributed by atoms with Crippen LogP contribution in [0.25, 0.3) is 4.13 Å². The largest absolute Gasteiger partial charge is 0.480 e. The molecule has 0 aromatic rings. The van der Waals surface area contributed by atoms with Gasteiger partial charge in [0.2, 0.25) is 0 Å². The SMILES string of the molecule is CCCCCCCC[N+]1(C)CCCC1.O=S(=O)([N-]S(=O)(=O)C(F)(F)F)C(F)(F)F.